The van der Waals surface area contributed by atoms with Gasteiger partial charge in [0.05, 0.1) is 4.90 Å². The quantitative estimate of drug-likeness (QED) is 0.723. The molecular formula is C16H9F3OS. The summed E-state index contributed by atoms with van der Waals surface area (Å²) in [6.45, 7) is 0. The van der Waals surface area contributed by atoms with Crippen LogP contribution in [0.2, 0.25) is 0 Å². The predicted molar refractivity (Wildman–Crippen MR) is 75.8 cm³/mol. The molecule has 0 saturated heterocycles. The summed E-state index contributed by atoms with van der Waals surface area (Å²) in [5.41, 5.74) is 1.14. The molecule has 0 N–H and O–H groups in total. The summed E-state index contributed by atoms with van der Waals surface area (Å²) in [6, 6.07) is 7.78. The molecule has 0 bridgehead atoms. The van der Waals surface area contributed by atoms with Crippen LogP contribution in [0.5, 0.6) is 0 Å². The predicted octanol–water partition coefficient (Wildman–Crippen LogP) is 4.48. The van der Waals surface area contributed by atoms with Crippen LogP contribution < -0.4 is 0 Å². The summed E-state index contributed by atoms with van der Waals surface area (Å²) in [6.07, 6.45) is 1.51. The number of rotatable bonds is 1. The summed E-state index contributed by atoms with van der Waals surface area (Å²) in [5.74, 6) is -2.31. The highest BCUT2D eigenvalue weighted by Crippen LogP contribution is 2.35. The van der Waals surface area contributed by atoms with Crippen molar-refractivity contribution in [2.24, 2.45) is 0 Å². The van der Waals surface area contributed by atoms with E-state index in [1.165, 1.54) is 36.0 Å². The molecule has 0 amide bonds. The van der Waals surface area contributed by atoms with Gasteiger partial charge in [0.25, 0.3) is 0 Å². The van der Waals surface area contributed by atoms with E-state index in [9.17, 15) is 18.0 Å². The Bertz CT molecular complexity index is 768. The molecule has 1 aliphatic rings. The lowest BCUT2D eigenvalue weighted by Gasteiger charge is -2.17. The average molecular weight is 306 g/mol. The van der Waals surface area contributed by atoms with Crippen LogP contribution in [0.1, 0.15) is 15.9 Å². The number of fused-ring (bicyclic) bond motifs is 1. The van der Waals surface area contributed by atoms with Gasteiger partial charge in [-0.3, -0.25) is 4.79 Å². The van der Waals surface area contributed by atoms with E-state index in [4.69, 9.17) is 0 Å². The smallest absolute Gasteiger partial charge is 0.191 e. The summed E-state index contributed by atoms with van der Waals surface area (Å²) < 4.78 is 39.7. The van der Waals surface area contributed by atoms with Crippen molar-refractivity contribution in [3.63, 3.8) is 0 Å². The van der Waals surface area contributed by atoms with Gasteiger partial charge in [-0.1, -0.05) is 12.1 Å². The van der Waals surface area contributed by atoms with Crippen molar-refractivity contribution in [1.29, 1.82) is 0 Å². The number of hydrogen-bond donors (Lipinski definition) is 0. The first kappa shape index (κ1) is 13.9. The van der Waals surface area contributed by atoms with Gasteiger partial charge in [0.2, 0.25) is 0 Å². The molecule has 2 aromatic carbocycles. The Kier molecular flexibility index (Phi) is 3.59. The van der Waals surface area contributed by atoms with Crippen LogP contribution in [0.3, 0.4) is 0 Å². The van der Waals surface area contributed by atoms with Gasteiger partial charge in [0.15, 0.2) is 17.4 Å². The van der Waals surface area contributed by atoms with Gasteiger partial charge in [-0.15, -0.1) is 11.8 Å². The van der Waals surface area contributed by atoms with Gasteiger partial charge in [0.1, 0.15) is 5.82 Å². The van der Waals surface area contributed by atoms with E-state index in [0.717, 1.165) is 12.1 Å². The molecule has 0 fully saturated rings. The maximum Gasteiger partial charge on any atom is 0.191 e. The average Bonchev–Trinajstić information content (AvgIpc) is 2.46. The van der Waals surface area contributed by atoms with E-state index in [1.54, 1.807) is 6.07 Å². The van der Waals surface area contributed by atoms with Gasteiger partial charge >= 0.3 is 0 Å². The normalized spacial score (nSPS) is 16.1. The van der Waals surface area contributed by atoms with Crippen LogP contribution in [0.4, 0.5) is 13.2 Å². The lowest BCUT2D eigenvalue weighted by molar-refractivity contribution is 0.103. The molecule has 0 unspecified atom stereocenters. The molecule has 1 nitrogen and oxygen atoms in total. The lowest BCUT2D eigenvalue weighted by atomic mass is 10.0. The molecule has 3 rings (SSSR count). The molecule has 2 aromatic rings. The van der Waals surface area contributed by atoms with E-state index >= 15 is 0 Å². The maximum absolute atomic E-state index is 13.6. The number of halogens is 3. The van der Waals surface area contributed by atoms with Gasteiger partial charge in [-0.2, -0.15) is 0 Å². The number of thioether (sulfide) groups is 1. The van der Waals surface area contributed by atoms with Crippen molar-refractivity contribution in [1.82, 2.24) is 0 Å². The summed E-state index contributed by atoms with van der Waals surface area (Å²) in [7, 11) is 0. The first-order valence-electron chi connectivity index (χ1n) is 6.18. The van der Waals surface area contributed by atoms with Crippen molar-refractivity contribution in [2.45, 2.75) is 4.90 Å². The molecule has 0 aromatic heterocycles. The van der Waals surface area contributed by atoms with Gasteiger partial charge in [-0.05, 0) is 35.9 Å². The van der Waals surface area contributed by atoms with Crippen molar-refractivity contribution >= 4 is 23.6 Å². The van der Waals surface area contributed by atoms with Gasteiger partial charge < -0.3 is 0 Å². The second kappa shape index (κ2) is 5.41. The van der Waals surface area contributed by atoms with Crippen LogP contribution in [-0.4, -0.2) is 11.5 Å². The van der Waals surface area contributed by atoms with E-state index < -0.39 is 17.5 Å². The fraction of sp³-hybridized carbons (Fsp3) is 0.0625. The second-order valence-corrected chi connectivity index (χ2v) is 5.56. The Morgan fingerprint density at radius 1 is 1.00 bits per heavy atom. The Morgan fingerprint density at radius 2 is 1.81 bits per heavy atom. The van der Waals surface area contributed by atoms with Gasteiger partial charge in [-0.25, -0.2) is 13.2 Å². The number of carbonyl (C=O) groups is 1. The molecule has 1 aliphatic heterocycles. The number of hydrogen-bond acceptors (Lipinski definition) is 2. The molecule has 0 atom stereocenters. The standard InChI is InChI=1S/C16H9F3OS/c17-12-5-4-9(7-14(12)19)6-10-8-21-16-11(15(10)20)2-1-3-13(16)18/h1-7H,8H2. The first-order chi connectivity index (χ1) is 10.1. The topological polar surface area (TPSA) is 17.1 Å². The molecular weight excluding hydrogens is 297 g/mol. The van der Waals surface area contributed by atoms with Crippen LogP contribution in [0.25, 0.3) is 6.08 Å². The highest BCUT2D eigenvalue weighted by Gasteiger charge is 2.24. The molecule has 0 saturated carbocycles. The third kappa shape index (κ3) is 2.61. The van der Waals surface area contributed by atoms with E-state index in [0.29, 0.717) is 27.3 Å². The Hall–Kier alpha value is -2.01. The summed E-state index contributed by atoms with van der Waals surface area (Å²) in [4.78, 5) is 12.6. The maximum atomic E-state index is 13.6. The fourth-order valence-electron chi connectivity index (χ4n) is 2.13. The van der Waals surface area contributed by atoms with E-state index in [-0.39, 0.29) is 5.78 Å². The van der Waals surface area contributed by atoms with Crippen LogP contribution in [-0.2, 0) is 0 Å². The number of Topliss-reactive ketones (excluding diaryl/α,β-unsaturated/α-hetero) is 1. The van der Waals surface area contributed by atoms with E-state index in [1.807, 2.05) is 0 Å². The monoisotopic (exact) mass is 306 g/mol. The highest BCUT2D eigenvalue weighted by molar-refractivity contribution is 7.99. The highest BCUT2D eigenvalue weighted by atomic mass is 32.2. The minimum atomic E-state index is -0.966. The number of carbonyl (C=O) groups excluding carboxylic acids is 1. The zero-order valence-corrected chi connectivity index (χ0v) is 11.5. The van der Waals surface area contributed by atoms with Crippen molar-refractivity contribution in [3.05, 3.63) is 70.5 Å². The lowest BCUT2D eigenvalue weighted by Crippen LogP contribution is -2.13. The van der Waals surface area contributed by atoms with Crippen molar-refractivity contribution in [3.8, 4) is 0 Å². The van der Waals surface area contributed by atoms with Crippen molar-refractivity contribution in [2.75, 3.05) is 5.75 Å². The van der Waals surface area contributed by atoms with Crippen molar-refractivity contribution < 1.29 is 18.0 Å². The molecule has 0 radical (unpaired) electrons. The molecule has 0 aliphatic carbocycles. The summed E-state index contributed by atoms with van der Waals surface area (Å²) in [5, 5.41) is 0. The third-order valence-corrected chi connectivity index (χ3v) is 4.32. The second-order valence-electron chi connectivity index (χ2n) is 4.58. The number of ketones is 1. The molecule has 21 heavy (non-hydrogen) atoms. The van der Waals surface area contributed by atoms with Crippen LogP contribution >= 0.6 is 11.8 Å². The summed E-state index contributed by atoms with van der Waals surface area (Å²) >= 11 is 1.22. The SMILES string of the molecule is O=C1C(=Cc2ccc(F)c(F)c2)CSc2c(F)cccc21. The molecule has 1 heterocycles. The molecule has 5 heteroatoms. The molecule has 106 valence electrons. The van der Waals surface area contributed by atoms with Crippen LogP contribution in [0, 0.1) is 17.5 Å². The Labute approximate surface area is 123 Å². The minimum Gasteiger partial charge on any atom is -0.289 e. The largest absolute Gasteiger partial charge is 0.289 e. The third-order valence-electron chi connectivity index (χ3n) is 3.16. The zero-order valence-electron chi connectivity index (χ0n) is 10.7. The minimum absolute atomic E-state index is 0.284. The molecule has 0 spiro atoms. The fourth-order valence-corrected chi connectivity index (χ4v) is 3.17. The Morgan fingerprint density at radius 3 is 2.57 bits per heavy atom. The van der Waals surface area contributed by atoms with E-state index in [2.05, 4.69) is 0 Å². The zero-order chi connectivity index (χ0) is 15.0. The Balaban J connectivity index is 1.99. The van der Waals surface area contributed by atoms with Crippen LogP contribution in [0.15, 0.2) is 46.9 Å². The van der Waals surface area contributed by atoms with Gasteiger partial charge in [0, 0.05) is 16.9 Å². The number of benzene rings is 2. The first-order valence-corrected chi connectivity index (χ1v) is 7.16.